The first kappa shape index (κ1) is 12.9. The van der Waals surface area contributed by atoms with Crippen molar-refractivity contribution >= 4 is 16.8 Å². The van der Waals surface area contributed by atoms with Gasteiger partial charge in [-0.3, -0.25) is 4.79 Å². The summed E-state index contributed by atoms with van der Waals surface area (Å²) in [5.41, 5.74) is 0. The molecule has 0 bridgehead atoms. The molecule has 0 N–H and O–H groups in total. The maximum atomic E-state index is 10.5. The molecule has 0 aromatic rings. The van der Waals surface area contributed by atoms with Gasteiger partial charge in [0.2, 0.25) is 5.24 Å². The van der Waals surface area contributed by atoms with Gasteiger partial charge in [0.05, 0.1) is 0 Å². The van der Waals surface area contributed by atoms with Crippen molar-refractivity contribution in [3.8, 4) is 12.3 Å². The molecule has 0 saturated carbocycles. The molecule has 0 aliphatic heterocycles. The van der Waals surface area contributed by atoms with Crippen LogP contribution in [-0.2, 0) is 4.79 Å². The van der Waals surface area contributed by atoms with Crippen molar-refractivity contribution in [1.29, 1.82) is 0 Å². The summed E-state index contributed by atoms with van der Waals surface area (Å²) in [6, 6.07) is 0. The summed E-state index contributed by atoms with van der Waals surface area (Å²) in [4.78, 5) is 9.58. The van der Waals surface area contributed by atoms with Crippen molar-refractivity contribution in [3.63, 3.8) is 0 Å². The molecule has 0 radical (unpaired) electrons. The molecular formula is C6H6ClF3O. The molecule has 0 saturated heterocycles. The highest BCUT2D eigenvalue weighted by molar-refractivity contribution is 6.63. The predicted octanol–water partition coefficient (Wildman–Crippen LogP) is 2.34. The Morgan fingerprint density at radius 1 is 1.64 bits per heavy atom. The third kappa shape index (κ3) is 26.8. The quantitative estimate of drug-likeness (QED) is 0.454. The van der Waals surface area contributed by atoms with Crippen LogP contribution in [-0.4, -0.2) is 11.4 Å². The van der Waals surface area contributed by atoms with E-state index >= 15 is 0 Å². The lowest BCUT2D eigenvalue weighted by Gasteiger charge is -1.88. The Labute approximate surface area is 67.5 Å². The first-order chi connectivity index (χ1) is 4.83. The van der Waals surface area contributed by atoms with Gasteiger partial charge in [-0.2, -0.15) is 13.2 Å². The van der Waals surface area contributed by atoms with Crippen LogP contribution in [0, 0.1) is 12.3 Å². The number of terminal acetylenes is 1. The van der Waals surface area contributed by atoms with E-state index < -0.39 is 6.18 Å². The highest BCUT2D eigenvalue weighted by Gasteiger charge is 2.21. The SMILES string of the molecule is C#CC(F)(F)F.CCC(=O)Cl. The molecule has 5 heteroatoms. The number of carbonyl (C=O) groups is 1. The van der Waals surface area contributed by atoms with Crippen LogP contribution in [0.25, 0.3) is 0 Å². The molecule has 0 rings (SSSR count). The zero-order valence-corrected chi connectivity index (χ0v) is 6.46. The summed E-state index contributed by atoms with van der Waals surface area (Å²) in [5, 5.41) is -0.273. The highest BCUT2D eigenvalue weighted by atomic mass is 35.5. The summed E-state index contributed by atoms with van der Waals surface area (Å²) >= 11 is 4.82. The monoisotopic (exact) mass is 186 g/mol. The van der Waals surface area contributed by atoms with Crippen LogP contribution in [0.3, 0.4) is 0 Å². The van der Waals surface area contributed by atoms with E-state index in [-0.39, 0.29) is 5.24 Å². The molecule has 64 valence electrons. The van der Waals surface area contributed by atoms with Gasteiger partial charge in [-0.25, -0.2) is 0 Å². The van der Waals surface area contributed by atoms with E-state index in [1.54, 1.807) is 6.92 Å². The number of alkyl halides is 3. The van der Waals surface area contributed by atoms with Crippen molar-refractivity contribution in [2.75, 3.05) is 0 Å². The second kappa shape index (κ2) is 6.05. The van der Waals surface area contributed by atoms with Crippen LogP contribution < -0.4 is 0 Å². The first-order valence-electron chi connectivity index (χ1n) is 2.56. The summed E-state index contributed by atoms with van der Waals surface area (Å²) < 4.78 is 31.6. The van der Waals surface area contributed by atoms with Gasteiger partial charge >= 0.3 is 6.18 Å². The number of hydrogen-bond donors (Lipinski definition) is 0. The predicted molar refractivity (Wildman–Crippen MR) is 36.0 cm³/mol. The fourth-order valence-corrected chi connectivity index (χ4v) is 0. The maximum absolute atomic E-state index is 10.5. The normalized spacial score (nSPS) is 9.09. The van der Waals surface area contributed by atoms with Gasteiger partial charge < -0.3 is 0 Å². The number of rotatable bonds is 1. The molecule has 0 atom stereocenters. The van der Waals surface area contributed by atoms with E-state index in [4.69, 9.17) is 11.6 Å². The van der Waals surface area contributed by atoms with E-state index in [2.05, 4.69) is 6.42 Å². The lowest BCUT2D eigenvalue weighted by molar-refractivity contribution is -0.111. The highest BCUT2D eigenvalue weighted by Crippen LogP contribution is 2.10. The zero-order chi connectivity index (χ0) is 9.49. The van der Waals surface area contributed by atoms with Crippen molar-refractivity contribution in [2.24, 2.45) is 0 Å². The molecule has 0 aliphatic rings. The van der Waals surface area contributed by atoms with Gasteiger partial charge in [0.25, 0.3) is 0 Å². The maximum Gasteiger partial charge on any atom is 0.457 e. The number of halogens is 4. The van der Waals surface area contributed by atoms with E-state index in [1.165, 1.54) is 0 Å². The van der Waals surface area contributed by atoms with Gasteiger partial charge in [-0.05, 0) is 11.6 Å². The van der Waals surface area contributed by atoms with Gasteiger partial charge in [-0.1, -0.05) is 6.92 Å². The lowest BCUT2D eigenvalue weighted by atomic mass is 10.6. The minimum atomic E-state index is -4.43. The topological polar surface area (TPSA) is 17.1 Å². The smallest absolute Gasteiger partial charge is 0.281 e. The summed E-state index contributed by atoms with van der Waals surface area (Å²) in [6.45, 7) is 1.72. The molecule has 0 spiro atoms. The van der Waals surface area contributed by atoms with Crippen LogP contribution in [0.2, 0.25) is 0 Å². The largest absolute Gasteiger partial charge is 0.457 e. The molecule has 0 aromatic heterocycles. The van der Waals surface area contributed by atoms with Gasteiger partial charge in [-0.15, -0.1) is 6.42 Å². The van der Waals surface area contributed by atoms with Gasteiger partial charge in [0, 0.05) is 12.3 Å². The Bertz CT molecular complexity index is 156. The fourth-order valence-electron chi connectivity index (χ4n) is 0. The van der Waals surface area contributed by atoms with Crippen LogP contribution in [0.5, 0.6) is 0 Å². The van der Waals surface area contributed by atoms with Gasteiger partial charge in [0.1, 0.15) is 0 Å². The first-order valence-corrected chi connectivity index (χ1v) is 2.94. The molecule has 0 heterocycles. The van der Waals surface area contributed by atoms with Crippen LogP contribution in [0.1, 0.15) is 13.3 Å². The third-order valence-corrected chi connectivity index (χ3v) is 0.709. The van der Waals surface area contributed by atoms with Crippen LogP contribution in [0.4, 0.5) is 13.2 Å². The average Bonchev–Trinajstić information content (AvgIpc) is 1.88. The van der Waals surface area contributed by atoms with E-state index in [0.717, 1.165) is 0 Å². The molecule has 0 aliphatic carbocycles. The van der Waals surface area contributed by atoms with Crippen LogP contribution >= 0.6 is 11.6 Å². The summed E-state index contributed by atoms with van der Waals surface area (Å²) in [6.07, 6.45) is -0.0679. The fraction of sp³-hybridized carbons (Fsp3) is 0.500. The average molecular weight is 187 g/mol. The Morgan fingerprint density at radius 2 is 1.82 bits per heavy atom. The molecule has 0 amide bonds. The van der Waals surface area contributed by atoms with E-state index in [1.807, 2.05) is 0 Å². The van der Waals surface area contributed by atoms with Crippen molar-refractivity contribution in [1.82, 2.24) is 0 Å². The number of hydrogen-bond acceptors (Lipinski definition) is 1. The standard InChI is InChI=1S/C3H5ClO.C3HF3/c1-2-3(4)5;1-2-3(4,5)6/h2H2,1H3;1H. The minimum Gasteiger partial charge on any atom is -0.281 e. The molecule has 1 nitrogen and oxygen atoms in total. The Balaban J connectivity index is 0. The van der Waals surface area contributed by atoms with E-state index in [9.17, 15) is 18.0 Å². The summed E-state index contributed by atoms with van der Waals surface area (Å²) in [5.74, 6) is 0.604. The lowest BCUT2D eigenvalue weighted by Crippen LogP contribution is -1.99. The second-order valence-corrected chi connectivity index (χ2v) is 1.77. The minimum absolute atomic E-state index is 0.273. The Hall–Kier alpha value is -0.690. The van der Waals surface area contributed by atoms with Gasteiger partial charge in [0.15, 0.2) is 0 Å². The molecule has 0 fully saturated rings. The van der Waals surface area contributed by atoms with E-state index in [0.29, 0.717) is 12.3 Å². The zero-order valence-electron chi connectivity index (χ0n) is 5.70. The summed E-state index contributed by atoms with van der Waals surface area (Å²) in [7, 11) is 0. The van der Waals surface area contributed by atoms with Crippen molar-refractivity contribution in [2.45, 2.75) is 19.5 Å². The van der Waals surface area contributed by atoms with Crippen molar-refractivity contribution in [3.05, 3.63) is 0 Å². The number of carbonyl (C=O) groups excluding carboxylic acids is 1. The molecular weight excluding hydrogens is 181 g/mol. The van der Waals surface area contributed by atoms with Crippen molar-refractivity contribution < 1.29 is 18.0 Å². The molecule has 0 aromatic carbocycles. The molecule has 0 unspecified atom stereocenters. The molecule has 11 heavy (non-hydrogen) atoms. The Morgan fingerprint density at radius 3 is 1.82 bits per heavy atom. The second-order valence-electron chi connectivity index (χ2n) is 1.35. The van der Waals surface area contributed by atoms with Crippen LogP contribution in [0.15, 0.2) is 0 Å². The third-order valence-electron chi connectivity index (χ3n) is 0.442. The Kier molecular flexibility index (Phi) is 7.12.